The fourth-order valence-electron chi connectivity index (χ4n) is 4.89. The Balaban J connectivity index is 1.14. The highest BCUT2D eigenvalue weighted by Crippen LogP contribution is 2.34. The number of rotatable bonds is 9. The zero-order valence-electron chi connectivity index (χ0n) is 19.4. The zero-order valence-corrected chi connectivity index (χ0v) is 20.2. The summed E-state index contributed by atoms with van der Waals surface area (Å²) in [6.45, 7) is 3.30. The van der Waals surface area contributed by atoms with E-state index in [-0.39, 0.29) is 11.0 Å². The first-order chi connectivity index (χ1) is 16.2. The highest BCUT2D eigenvalue weighted by Gasteiger charge is 2.30. The summed E-state index contributed by atoms with van der Waals surface area (Å²) in [6, 6.07) is 0. The lowest BCUT2D eigenvalue weighted by molar-refractivity contribution is -0.153. The first kappa shape index (κ1) is 25.1. The van der Waals surface area contributed by atoms with E-state index in [1.54, 1.807) is 6.92 Å². The molecule has 1 aliphatic heterocycles. The van der Waals surface area contributed by atoms with E-state index in [2.05, 4.69) is 24.8 Å². The van der Waals surface area contributed by atoms with Crippen molar-refractivity contribution in [2.75, 3.05) is 26.2 Å². The van der Waals surface area contributed by atoms with E-state index in [4.69, 9.17) is 4.74 Å². The molecule has 0 N–H and O–H groups in total. The molecule has 0 spiro atoms. The predicted molar refractivity (Wildman–Crippen MR) is 120 cm³/mol. The number of halogens is 3. The molecule has 0 saturated heterocycles. The zero-order chi connectivity index (χ0) is 24.1. The number of aryl methyl sites for hydroxylation is 1. The van der Waals surface area contributed by atoms with Crippen molar-refractivity contribution in [2.45, 2.75) is 70.9 Å². The van der Waals surface area contributed by atoms with Crippen LogP contribution in [0.15, 0.2) is 4.63 Å². The van der Waals surface area contributed by atoms with E-state index < -0.39 is 12.8 Å². The van der Waals surface area contributed by atoms with Gasteiger partial charge in [-0.05, 0) is 51.0 Å². The Bertz CT molecular complexity index is 928. The molecule has 34 heavy (non-hydrogen) atoms. The summed E-state index contributed by atoms with van der Waals surface area (Å²) in [5.41, 5.74) is 2.21. The minimum atomic E-state index is -4.34. The second kappa shape index (κ2) is 11.2. The van der Waals surface area contributed by atoms with Gasteiger partial charge in [-0.2, -0.15) is 13.2 Å². The van der Waals surface area contributed by atoms with Gasteiger partial charge < -0.3 is 9.64 Å². The second-order valence-electron chi connectivity index (χ2n) is 9.49. The third-order valence-corrected chi connectivity index (χ3v) is 7.96. The van der Waals surface area contributed by atoms with Gasteiger partial charge in [-0.3, -0.25) is 4.79 Å². The summed E-state index contributed by atoms with van der Waals surface area (Å²) in [4.78, 5) is 20.1. The van der Waals surface area contributed by atoms with Crippen molar-refractivity contribution in [1.29, 1.82) is 0 Å². The number of fused-ring (bicyclic) bond motifs is 1. The number of carbonyl (C=O) groups is 1. The van der Waals surface area contributed by atoms with Gasteiger partial charge in [0.25, 0.3) is 5.19 Å². The first-order valence-corrected chi connectivity index (χ1v) is 12.8. The van der Waals surface area contributed by atoms with E-state index in [1.165, 1.54) is 11.3 Å². The number of nitrogens with zero attached hydrogens (tertiary/aromatic N) is 4. The fraction of sp³-hybridized carbons (Fsp3) is 0.739. The molecule has 2 aromatic heterocycles. The fourth-order valence-corrected chi connectivity index (χ4v) is 5.84. The maximum absolute atomic E-state index is 12.4. The molecule has 2 aromatic rings. The van der Waals surface area contributed by atoms with Crippen LogP contribution < -0.4 is 4.74 Å². The summed E-state index contributed by atoms with van der Waals surface area (Å²) in [6.07, 6.45) is 3.76. The average molecular weight is 501 g/mol. The van der Waals surface area contributed by atoms with Crippen LogP contribution in [0.1, 0.15) is 60.5 Å². The average Bonchev–Trinajstić information content (AvgIpc) is 3.32. The Labute approximate surface area is 201 Å². The predicted octanol–water partition coefficient (Wildman–Crippen LogP) is 4.57. The molecule has 0 radical (unpaired) electrons. The smallest absolute Gasteiger partial charge is 0.422 e. The van der Waals surface area contributed by atoms with Gasteiger partial charge in [0.2, 0.25) is 0 Å². The summed E-state index contributed by atoms with van der Waals surface area (Å²) in [7, 11) is 0. The normalized spacial score (nSPS) is 21.8. The minimum Gasteiger partial charge on any atom is -0.460 e. The van der Waals surface area contributed by atoms with Gasteiger partial charge in [-0.15, -0.1) is 0 Å². The van der Waals surface area contributed by atoms with Crippen molar-refractivity contribution in [3.8, 4) is 5.19 Å². The molecule has 188 valence electrons. The van der Waals surface area contributed by atoms with Crippen LogP contribution in [0, 0.1) is 18.8 Å². The lowest BCUT2D eigenvalue weighted by Crippen LogP contribution is -2.30. The van der Waals surface area contributed by atoms with E-state index >= 15 is 0 Å². The van der Waals surface area contributed by atoms with Crippen molar-refractivity contribution < 1.29 is 27.3 Å². The second-order valence-corrected chi connectivity index (χ2v) is 10.5. The molecule has 0 aromatic carbocycles. The van der Waals surface area contributed by atoms with Crippen molar-refractivity contribution in [3.63, 3.8) is 0 Å². The number of hydrogen-bond acceptors (Lipinski definition) is 8. The van der Waals surface area contributed by atoms with E-state index in [9.17, 15) is 18.0 Å². The van der Waals surface area contributed by atoms with Crippen LogP contribution in [-0.2, 0) is 24.1 Å². The molecule has 7 nitrogen and oxygen atoms in total. The number of hydrogen-bond donors (Lipinski definition) is 0. The third-order valence-electron chi connectivity index (χ3n) is 6.89. The molecule has 0 amide bonds. The van der Waals surface area contributed by atoms with Crippen LogP contribution in [0.4, 0.5) is 13.2 Å². The van der Waals surface area contributed by atoms with E-state index in [0.29, 0.717) is 36.1 Å². The quantitative estimate of drug-likeness (QED) is 0.499. The molecule has 11 heteroatoms. The maximum Gasteiger partial charge on any atom is 0.422 e. The molecule has 0 unspecified atom stereocenters. The van der Waals surface area contributed by atoms with Crippen LogP contribution in [-0.4, -0.2) is 58.4 Å². The SMILES string of the molecule is Cc1nonc1CC(=O)CC1CCC(CCN2CCc3nc(OCC(F)(F)F)sc3CC2)CC1. The number of aromatic nitrogens is 3. The van der Waals surface area contributed by atoms with Crippen LogP contribution in [0.5, 0.6) is 5.19 Å². The van der Waals surface area contributed by atoms with Crippen molar-refractivity contribution in [1.82, 2.24) is 20.2 Å². The number of thiazole rings is 1. The summed E-state index contributed by atoms with van der Waals surface area (Å²) < 4.78 is 46.6. The Hall–Kier alpha value is -2.01. The molecular weight excluding hydrogens is 469 g/mol. The van der Waals surface area contributed by atoms with Crippen LogP contribution in [0.3, 0.4) is 0 Å². The van der Waals surface area contributed by atoms with Crippen LogP contribution in [0.25, 0.3) is 0 Å². The van der Waals surface area contributed by atoms with E-state index in [0.717, 1.165) is 75.2 Å². The Kier molecular flexibility index (Phi) is 8.23. The Morgan fingerprint density at radius 1 is 1.15 bits per heavy atom. The monoisotopic (exact) mass is 500 g/mol. The number of Topliss-reactive ketones (excluding diaryl/α,β-unsaturated/α-hetero) is 1. The van der Waals surface area contributed by atoms with Gasteiger partial charge in [-0.25, -0.2) is 9.61 Å². The molecule has 1 aliphatic carbocycles. The van der Waals surface area contributed by atoms with Gasteiger partial charge in [0, 0.05) is 30.8 Å². The lowest BCUT2D eigenvalue weighted by atomic mass is 9.78. The molecule has 4 rings (SSSR count). The number of ether oxygens (including phenoxy) is 1. The maximum atomic E-state index is 12.4. The highest BCUT2D eigenvalue weighted by atomic mass is 32.1. The largest absolute Gasteiger partial charge is 0.460 e. The molecule has 3 heterocycles. The Morgan fingerprint density at radius 2 is 1.88 bits per heavy atom. The Morgan fingerprint density at radius 3 is 2.59 bits per heavy atom. The van der Waals surface area contributed by atoms with Gasteiger partial charge >= 0.3 is 6.18 Å². The minimum absolute atomic E-state index is 0.124. The summed E-state index contributed by atoms with van der Waals surface area (Å²) >= 11 is 1.24. The van der Waals surface area contributed by atoms with Gasteiger partial charge in [0.15, 0.2) is 6.61 Å². The van der Waals surface area contributed by atoms with Gasteiger partial charge in [-0.1, -0.05) is 34.5 Å². The standard InChI is InChI=1S/C23H31F3N4O3S/c1-15-20(29-33-28-15)13-18(31)12-17-4-2-16(3-5-17)6-9-30-10-7-19-21(8-11-30)34-22(27-19)32-14-23(24,25)26/h16-17H,2-14H2,1H3. The molecule has 1 fully saturated rings. The number of carbonyl (C=O) groups excluding carboxylic acids is 1. The van der Waals surface area contributed by atoms with Gasteiger partial charge in [0.05, 0.1) is 12.1 Å². The molecule has 0 atom stereocenters. The molecule has 2 aliphatic rings. The third kappa shape index (κ3) is 7.24. The van der Waals surface area contributed by atoms with Crippen molar-refractivity contribution >= 4 is 17.1 Å². The summed E-state index contributed by atoms with van der Waals surface area (Å²) in [5, 5.41) is 7.66. The van der Waals surface area contributed by atoms with Crippen LogP contribution in [0.2, 0.25) is 0 Å². The lowest BCUT2D eigenvalue weighted by Gasteiger charge is -2.30. The number of ketones is 1. The van der Waals surface area contributed by atoms with Crippen molar-refractivity contribution in [2.24, 2.45) is 11.8 Å². The van der Waals surface area contributed by atoms with E-state index in [1.807, 2.05) is 0 Å². The topological polar surface area (TPSA) is 81.4 Å². The molecular formula is C23H31F3N4O3S. The highest BCUT2D eigenvalue weighted by molar-refractivity contribution is 7.13. The molecule has 1 saturated carbocycles. The first-order valence-electron chi connectivity index (χ1n) is 12.0. The number of alkyl halides is 3. The molecule has 0 bridgehead atoms. The summed E-state index contributed by atoms with van der Waals surface area (Å²) in [5.74, 6) is 1.35. The van der Waals surface area contributed by atoms with Crippen molar-refractivity contribution in [3.05, 3.63) is 22.0 Å². The van der Waals surface area contributed by atoms with Gasteiger partial charge in [0.1, 0.15) is 17.2 Å². The van der Waals surface area contributed by atoms with Crippen LogP contribution >= 0.6 is 11.3 Å².